The number of hydrogen-bond donors (Lipinski definition) is 2. The Kier molecular flexibility index (Phi) is 5.46. The van der Waals surface area contributed by atoms with Crippen molar-refractivity contribution in [1.82, 2.24) is 9.88 Å². The zero-order valence-electron chi connectivity index (χ0n) is 17.3. The quantitative estimate of drug-likeness (QED) is 0.364. The minimum Gasteiger partial charge on any atom is -0.478 e. The third kappa shape index (κ3) is 3.83. The van der Waals surface area contributed by atoms with E-state index in [1.807, 2.05) is 26.0 Å². The maximum Gasteiger partial charge on any atom is 0.335 e. The molecule has 8 heteroatoms. The van der Waals surface area contributed by atoms with E-state index in [4.69, 9.17) is 17.3 Å². The number of aryl methyl sites for hydroxylation is 2. The summed E-state index contributed by atoms with van der Waals surface area (Å²) in [7, 11) is 0. The molecule has 0 radical (unpaired) electrons. The Bertz CT molecular complexity index is 1310. The van der Waals surface area contributed by atoms with Crippen LogP contribution in [0.5, 0.6) is 0 Å². The molecule has 0 atom stereocenters. The fourth-order valence-corrected chi connectivity index (χ4v) is 3.87. The van der Waals surface area contributed by atoms with Gasteiger partial charge in [0.05, 0.1) is 11.3 Å². The molecule has 0 bridgehead atoms. The van der Waals surface area contributed by atoms with Crippen molar-refractivity contribution in [3.05, 3.63) is 88.8 Å². The fourth-order valence-electron chi connectivity index (χ4n) is 3.59. The van der Waals surface area contributed by atoms with Gasteiger partial charge in [0, 0.05) is 17.6 Å². The Labute approximate surface area is 189 Å². The highest BCUT2D eigenvalue weighted by atomic mass is 32.1. The number of aromatic nitrogens is 1. The summed E-state index contributed by atoms with van der Waals surface area (Å²) in [5.74, 6) is -2.10. The largest absolute Gasteiger partial charge is 0.478 e. The fraction of sp³-hybridized carbons (Fsp3) is 0.0833. The first-order valence-corrected chi connectivity index (χ1v) is 10.2. The van der Waals surface area contributed by atoms with Crippen LogP contribution >= 0.6 is 12.2 Å². The average molecular weight is 446 g/mol. The molecule has 160 valence electrons. The number of thiocarbonyl (C=S) groups is 1. The van der Waals surface area contributed by atoms with E-state index in [0.717, 1.165) is 11.1 Å². The molecule has 1 saturated heterocycles. The lowest BCUT2D eigenvalue weighted by Crippen LogP contribution is -2.54. The van der Waals surface area contributed by atoms with Gasteiger partial charge >= 0.3 is 5.97 Å². The highest BCUT2D eigenvalue weighted by Gasteiger charge is 2.35. The van der Waals surface area contributed by atoms with Gasteiger partial charge in [-0.3, -0.25) is 19.8 Å². The van der Waals surface area contributed by atoms with Crippen molar-refractivity contribution in [3.63, 3.8) is 0 Å². The van der Waals surface area contributed by atoms with E-state index in [2.05, 4.69) is 5.32 Å². The minimum atomic E-state index is -1.02. The van der Waals surface area contributed by atoms with Crippen LogP contribution in [-0.2, 0) is 9.59 Å². The number of carboxylic acid groups (broad SMARTS) is 1. The first-order chi connectivity index (χ1) is 15.3. The number of anilines is 1. The van der Waals surface area contributed by atoms with Crippen LogP contribution in [0.3, 0.4) is 0 Å². The monoisotopic (exact) mass is 445 g/mol. The number of benzene rings is 2. The summed E-state index contributed by atoms with van der Waals surface area (Å²) in [5, 5.41) is 11.7. The molecule has 2 aromatic carbocycles. The van der Waals surface area contributed by atoms with Crippen LogP contribution in [0.4, 0.5) is 5.69 Å². The summed E-state index contributed by atoms with van der Waals surface area (Å²) < 4.78 is 1.76. The number of amides is 2. The number of carboxylic acids is 1. The number of hydrogen-bond acceptors (Lipinski definition) is 4. The van der Waals surface area contributed by atoms with Gasteiger partial charge < -0.3 is 9.67 Å². The summed E-state index contributed by atoms with van der Waals surface area (Å²) in [5.41, 5.74) is 3.90. The molecule has 0 aliphatic carbocycles. The Balaban J connectivity index is 1.73. The minimum absolute atomic E-state index is 0.0312. The number of carbonyl (C=O) groups excluding carboxylic acids is 2. The summed E-state index contributed by atoms with van der Waals surface area (Å²) in [6.45, 7) is 3.83. The molecule has 32 heavy (non-hydrogen) atoms. The maximum atomic E-state index is 13.3. The lowest BCUT2D eigenvalue weighted by molar-refractivity contribution is -0.122. The third-order valence-corrected chi connectivity index (χ3v) is 5.44. The van der Waals surface area contributed by atoms with Crippen molar-refractivity contribution in [2.45, 2.75) is 13.8 Å². The van der Waals surface area contributed by atoms with Crippen molar-refractivity contribution in [2.24, 2.45) is 0 Å². The second kappa shape index (κ2) is 8.24. The van der Waals surface area contributed by atoms with E-state index < -0.39 is 17.8 Å². The molecule has 3 aromatic rings. The van der Waals surface area contributed by atoms with Gasteiger partial charge in [-0.2, -0.15) is 0 Å². The highest BCUT2D eigenvalue weighted by molar-refractivity contribution is 7.80. The van der Waals surface area contributed by atoms with E-state index in [-0.39, 0.29) is 16.2 Å². The van der Waals surface area contributed by atoms with Gasteiger partial charge in [0.1, 0.15) is 5.57 Å². The van der Waals surface area contributed by atoms with Crippen LogP contribution in [0, 0.1) is 13.8 Å². The summed E-state index contributed by atoms with van der Waals surface area (Å²) in [6.07, 6.45) is 3.26. The van der Waals surface area contributed by atoms with E-state index in [0.29, 0.717) is 17.1 Å². The molecule has 0 spiro atoms. The number of rotatable bonds is 4. The highest BCUT2D eigenvalue weighted by Crippen LogP contribution is 2.26. The molecular weight excluding hydrogens is 426 g/mol. The molecule has 1 fully saturated rings. The molecule has 2 amide bonds. The summed E-state index contributed by atoms with van der Waals surface area (Å²) in [6, 6.07) is 15.5. The van der Waals surface area contributed by atoms with Crippen molar-refractivity contribution >= 4 is 46.9 Å². The first kappa shape index (κ1) is 21.2. The molecule has 4 rings (SSSR count). The van der Waals surface area contributed by atoms with Crippen LogP contribution in [0.2, 0.25) is 0 Å². The molecule has 1 aliphatic rings. The summed E-state index contributed by atoms with van der Waals surface area (Å²) >= 11 is 5.28. The number of carbonyl (C=O) groups is 3. The number of nitrogens with one attached hydrogen (secondary N) is 1. The van der Waals surface area contributed by atoms with Crippen LogP contribution < -0.4 is 10.2 Å². The van der Waals surface area contributed by atoms with Crippen molar-refractivity contribution < 1.29 is 19.5 Å². The SMILES string of the molecule is Cc1ccc(N2C(=O)/C(=C/c3cccn3-c3ccc(C(=O)O)cc3)C(=O)NC2=S)c(C)c1. The number of nitrogens with zero attached hydrogens (tertiary/aromatic N) is 2. The Hall–Kier alpha value is -4.04. The first-order valence-electron chi connectivity index (χ1n) is 9.76. The molecule has 2 N–H and O–H groups in total. The van der Waals surface area contributed by atoms with Crippen molar-refractivity contribution in [3.8, 4) is 5.69 Å². The van der Waals surface area contributed by atoms with E-state index in [1.54, 1.807) is 41.1 Å². The summed E-state index contributed by atoms with van der Waals surface area (Å²) in [4.78, 5) is 38.4. The van der Waals surface area contributed by atoms with Gasteiger partial charge in [-0.1, -0.05) is 17.7 Å². The smallest absolute Gasteiger partial charge is 0.335 e. The normalized spacial score (nSPS) is 15.2. The van der Waals surface area contributed by atoms with Crippen molar-refractivity contribution in [2.75, 3.05) is 4.90 Å². The van der Waals surface area contributed by atoms with Crippen LogP contribution in [-0.4, -0.2) is 32.6 Å². The van der Waals surface area contributed by atoms with Gasteiger partial charge in [-0.15, -0.1) is 0 Å². The van der Waals surface area contributed by atoms with Crippen LogP contribution in [0.15, 0.2) is 66.4 Å². The third-order valence-electron chi connectivity index (χ3n) is 5.16. The second-order valence-electron chi connectivity index (χ2n) is 7.40. The Morgan fingerprint density at radius 1 is 1.06 bits per heavy atom. The maximum absolute atomic E-state index is 13.3. The molecule has 2 heterocycles. The molecule has 1 aromatic heterocycles. The van der Waals surface area contributed by atoms with Gasteiger partial charge in [-0.05, 0) is 80.2 Å². The molecule has 7 nitrogen and oxygen atoms in total. The zero-order chi connectivity index (χ0) is 23.0. The molecule has 0 saturated carbocycles. The van der Waals surface area contributed by atoms with Gasteiger partial charge in [-0.25, -0.2) is 4.79 Å². The standard InChI is InChI=1S/C24H19N3O4S/c1-14-5-10-20(15(2)12-14)27-22(29)19(21(28)25-24(27)32)13-18-4-3-11-26(18)17-8-6-16(7-9-17)23(30)31/h3-13H,1-2H3,(H,30,31)(H,25,28,32)/b19-13+. The van der Waals surface area contributed by atoms with Gasteiger partial charge in [0.25, 0.3) is 11.8 Å². The Morgan fingerprint density at radius 3 is 2.44 bits per heavy atom. The predicted octanol–water partition coefficient (Wildman–Crippen LogP) is 3.62. The van der Waals surface area contributed by atoms with E-state index in [1.165, 1.54) is 23.1 Å². The van der Waals surface area contributed by atoms with Gasteiger partial charge in [0.2, 0.25) is 0 Å². The topological polar surface area (TPSA) is 91.6 Å². The lowest BCUT2D eigenvalue weighted by Gasteiger charge is -2.30. The molecule has 0 unspecified atom stereocenters. The average Bonchev–Trinajstić information content (AvgIpc) is 3.21. The van der Waals surface area contributed by atoms with Crippen LogP contribution in [0.25, 0.3) is 11.8 Å². The molecular formula is C24H19N3O4S. The van der Waals surface area contributed by atoms with E-state index in [9.17, 15) is 14.4 Å². The van der Waals surface area contributed by atoms with Crippen molar-refractivity contribution in [1.29, 1.82) is 0 Å². The second-order valence-corrected chi connectivity index (χ2v) is 7.79. The Morgan fingerprint density at radius 2 is 1.78 bits per heavy atom. The number of aromatic carboxylic acids is 1. The lowest BCUT2D eigenvalue weighted by atomic mass is 10.1. The van der Waals surface area contributed by atoms with E-state index >= 15 is 0 Å². The molecule has 1 aliphatic heterocycles. The van der Waals surface area contributed by atoms with Gasteiger partial charge in [0.15, 0.2) is 5.11 Å². The zero-order valence-corrected chi connectivity index (χ0v) is 18.1. The predicted molar refractivity (Wildman–Crippen MR) is 125 cm³/mol. The van der Waals surface area contributed by atoms with Crippen LogP contribution in [0.1, 0.15) is 27.2 Å².